The molecular formula is C15H24. The third-order valence-corrected chi connectivity index (χ3v) is 6.62. The van der Waals surface area contributed by atoms with Crippen LogP contribution in [-0.2, 0) is 0 Å². The quantitative estimate of drug-likeness (QED) is 0.513. The second kappa shape index (κ2) is 2.70. The van der Waals surface area contributed by atoms with E-state index in [1.807, 2.05) is 0 Å². The van der Waals surface area contributed by atoms with E-state index in [1.165, 1.54) is 32.1 Å². The molecule has 4 aliphatic carbocycles. The highest BCUT2D eigenvalue weighted by atomic mass is 14.7. The highest BCUT2D eigenvalue weighted by Gasteiger charge is 2.61. The van der Waals surface area contributed by atoms with Crippen molar-refractivity contribution in [1.29, 1.82) is 0 Å². The average Bonchev–Trinajstić information content (AvgIpc) is 2.21. The highest BCUT2D eigenvalue weighted by Crippen LogP contribution is 2.70. The van der Waals surface area contributed by atoms with Gasteiger partial charge in [0.05, 0.1) is 0 Å². The first-order valence-corrected chi connectivity index (χ1v) is 6.68. The zero-order valence-corrected chi connectivity index (χ0v) is 10.5. The van der Waals surface area contributed by atoms with Gasteiger partial charge in [-0.1, -0.05) is 32.9 Å². The number of fused-ring (bicyclic) bond motifs is 1. The molecule has 5 atom stereocenters. The van der Waals surface area contributed by atoms with Crippen molar-refractivity contribution >= 4 is 0 Å². The predicted molar refractivity (Wildman–Crippen MR) is 64.6 cm³/mol. The number of allylic oxidation sites excluding steroid dienone is 1. The fourth-order valence-electron chi connectivity index (χ4n) is 5.19. The Kier molecular flexibility index (Phi) is 1.79. The molecule has 0 heteroatoms. The molecule has 15 heavy (non-hydrogen) atoms. The molecule has 4 fully saturated rings. The van der Waals surface area contributed by atoms with Crippen molar-refractivity contribution in [3.63, 3.8) is 0 Å². The van der Waals surface area contributed by atoms with Gasteiger partial charge in [-0.15, -0.1) is 0 Å². The smallest absolute Gasteiger partial charge is 0.00597 e. The standard InChI is InChI=1S/C15H24/c1-10-5-7-14(3)11(2)12-6-8-15(14,4)13(10)9-12/h10,12-13H,2,5-9H2,1,3-4H3/t10-,12?,13?,14?,15-/m0/s1. The minimum atomic E-state index is 0.478. The molecule has 0 aliphatic heterocycles. The predicted octanol–water partition coefficient (Wildman–Crippen LogP) is 4.42. The second-order valence-corrected chi connectivity index (χ2v) is 6.87. The summed E-state index contributed by atoms with van der Waals surface area (Å²) in [5, 5.41) is 0. The first-order valence-electron chi connectivity index (χ1n) is 6.68. The van der Waals surface area contributed by atoms with Crippen LogP contribution in [0.2, 0.25) is 0 Å². The topological polar surface area (TPSA) is 0 Å². The molecule has 0 spiro atoms. The van der Waals surface area contributed by atoms with E-state index >= 15 is 0 Å². The average molecular weight is 204 g/mol. The van der Waals surface area contributed by atoms with Crippen LogP contribution < -0.4 is 0 Å². The summed E-state index contributed by atoms with van der Waals surface area (Å²) in [6.45, 7) is 12.0. The van der Waals surface area contributed by atoms with E-state index in [0.717, 1.165) is 17.8 Å². The van der Waals surface area contributed by atoms with Gasteiger partial charge in [-0.25, -0.2) is 0 Å². The summed E-state index contributed by atoms with van der Waals surface area (Å²) in [7, 11) is 0. The molecule has 4 bridgehead atoms. The molecule has 84 valence electrons. The lowest BCUT2D eigenvalue weighted by atomic mass is 9.37. The van der Waals surface area contributed by atoms with Crippen molar-refractivity contribution in [2.24, 2.45) is 28.6 Å². The molecule has 0 aromatic rings. The van der Waals surface area contributed by atoms with Crippen LogP contribution in [0.5, 0.6) is 0 Å². The van der Waals surface area contributed by atoms with E-state index in [9.17, 15) is 0 Å². The maximum absolute atomic E-state index is 4.46. The van der Waals surface area contributed by atoms with Crippen molar-refractivity contribution in [3.8, 4) is 0 Å². The Morgan fingerprint density at radius 3 is 2.67 bits per heavy atom. The Balaban J connectivity index is 2.11. The van der Waals surface area contributed by atoms with Gasteiger partial charge in [0, 0.05) is 0 Å². The number of hydrogen-bond acceptors (Lipinski definition) is 0. The van der Waals surface area contributed by atoms with E-state index in [4.69, 9.17) is 0 Å². The summed E-state index contributed by atoms with van der Waals surface area (Å²) in [4.78, 5) is 0. The SMILES string of the molecule is C=C1C2CC[C@@]3(C)C(C2)[C@@H](C)CCC13C. The third kappa shape index (κ3) is 0.946. The van der Waals surface area contributed by atoms with E-state index in [-0.39, 0.29) is 0 Å². The minimum Gasteiger partial charge on any atom is -0.0990 e. The fourth-order valence-corrected chi connectivity index (χ4v) is 5.19. The Labute approximate surface area is 94.1 Å². The lowest BCUT2D eigenvalue weighted by Gasteiger charge is -2.67. The van der Waals surface area contributed by atoms with Gasteiger partial charge in [-0.05, 0) is 60.7 Å². The maximum atomic E-state index is 4.46. The minimum absolute atomic E-state index is 0.478. The molecule has 4 saturated carbocycles. The van der Waals surface area contributed by atoms with Crippen molar-refractivity contribution in [1.82, 2.24) is 0 Å². The highest BCUT2D eigenvalue weighted by molar-refractivity contribution is 5.28. The van der Waals surface area contributed by atoms with Crippen molar-refractivity contribution < 1.29 is 0 Å². The van der Waals surface area contributed by atoms with Gasteiger partial charge in [0.2, 0.25) is 0 Å². The van der Waals surface area contributed by atoms with Crippen LogP contribution in [-0.4, -0.2) is 0 Å². The molecule has 0 aromatic carbocycles. The molecule has 0 saturated heterocycles. The van der Waals surface area contributed by atoms with Crippen molar-refractivity contribution in [2.45, 2.75) is 52.9 Å². The largest absolute Gasteiger partial charge is 0.0990 e. The zero-order valence-electron chi connectivity index (χ0n) is 10.5. The molecule has 0 N–H and O–H groups in total. The monoisotopic (exact) mass is 204 g/mol. The summed E-state index contributed by atoms with van der Waals surface area (Å²) in [6.07, 6.45) is 7.17. The van der Waals surface area contributed by atoms with Gasteiger partial charge >= 0.3 is 0 Å². The Morgan fingerprint density at radius 2 is 1.93 bits per heavy atom. The van der Waals surface area contributed by atoms with E-state index in [2.05, 4.69) is 27.4 Å². The van der Waals surface area contributed by atoms with Gasteiger partial charge in [-0.3, -0.25) is 0 Å². The van der Waals surface area contributed by atoms with Crippen LogP contribution >= 0.6 is 0 Å². The summed E-state index contributed by atoms with van der Waals surface area (Å²) < 4.78 is 0. The van der Waals surface area contributed by atoms with Crippen LogP contribution in [0, 0.1) is 28.6 Å². The van der Waals surface area contributed by atoms with Gasteiger partial charge in [0.15, 0.2) is 0 Å². The fraction of sp³-hybridized carbons (Fsp3) is 0.867. The lowest BCUT2D eigenvalue weighted by Crippen LogP contribution is -2.58. The molecule has 0 aromatic heterocycles. The number of hydrogen-bond donors (Lipinski definition) is 0. The van der Waals surface area contributed by atoms with Crippen molar-refractivity contribution in [2.75, 3.05) is 0 Å². The molecule has 4 rings (SSSR count). The van der Waals surface area contributed by atoms with E-state index in [0.29, 0.717) is 10.8 Å². The Bertz CT molecular complexity index is 316. The Hall–Kier alpha value is -0.260. The molecule has 0 amide bonds. The summed E-state index contributed by atoms with van der Waals surface area (Å²) in [5.41, 5.74) is 2.67. The van der Waals surface area contributed by atoms with Crippen LogP contribution in [0.3, 0.4) is 0 Å². The maximum Gasteiger partial charge on any atom is -0.00597 e. The lowest BCUT2D eigenvalue weighted by molar-refractivity contribution is -0.123. The van der Waals surface area contributed by atoms with Crippen LogP contribution in [0.1, 0.15) is 52.9 Å². The second-order valence-electron chi connectivity index (χ2n) is 6.87. The van der Waals surface area contributed by atoms with Gasteiger partial charge < -0.3 is 0 Å². The molecular weight excluding hydrogens is 180 g/mol. The Morgan fingerprint density at radius 1 is 1.20 bits per heavy atom. The zero-order chi connectivity index (χ0) is 10.8. The molecule has 0 heterocycles. The summed E-state index contributed by atoms with van der Waals surface area (Å²) >= 11 is 0. The molecule has 4 aliphatic rings. The normalized spacial score (nSPS) is 58.3. The molecule has 3 unspecified atom stereocenters. The van der Waals surface area contributed by atoms with Gasteiger partial charge in [-0.2, -0.15) is 0 Å². The van der Waals surface area contributed by atoms with E-state index < -0.39 is 0 Å². The van der Waals surface area contributed by atoms with Crippen molar-refractivity contribution in [3.05, 3.63) is 12.2 Å². The summed E-state index contributed by atoms with van der Waals surface area (Å²) in [6, 6.07) is 0. The van der Waals surface area contributed by atoms with Crippen LogP contribution in [0.25, 0.3) is 0 Å². The van der Waals surface area contributed by atoms with Gasteiger partial charge in [0.1, 0.15) is 0 Å². The number of rotatable bonds is 0. The van der Waals surface area contributed by atoms with E-state index in [1.54, 1.807) is 5.57 Å². The first-order chi connectivity index (χ1) is 6.99. The van der Waals surface area contributed by atoms with Crippen LogP contribution in [0.4, 0.5) is 0 Å². The summed E-state index contributed by atoms with van der Waals surface area (Å²) in [5.74, 6) is 2.81. The van der Waals surface area contributed by atoms with Gasteiger partial charge in [0.25, 0.3) is 0 Å². The third-order valence-electron chi connectivity index (χ3n) is 6.62. The van der Waals surface area contributed by atoms with Crippen LogP contribution in [0.15, 0.2) is 12.2 Å². The molecule has 0 radical (unpaired) electrons. The first kappa shape index (κ1) is 9.93. The molecule has 0 nitrogen and oxygen atoms in total.